The van der Waals surface area contributed by atoms with Crippen molar-refractivity contribution in [3.63, 3.8) is 0 Å². The van der Waals surface area contributed by atoms with Gasteiger partial charge in [0.25, 0.3) is 0 Å². The molecule has 0 fully saturated rings. The maximum Gasteiger partial charge on any atom is 0.151 e. The summed E-state index contributed by atoms with van der Waals surface area (Å²) in [4.78, 5) is 10.7. The van der Waals surface area contributed by atoms with E-state index in [9.17, 15) is 4.79 Å². The summed E-state index contributed by atoms with van der Waals surface area (Å²) in [6.07, 6.45) is 2.02. The number of carbonyl (C=O) groups excluding carboxylic acids is 1. The third-order valence-corrected chi connectivity index (χ3v) is 2.68. The number of aryl methyl sites for hydroxylation is 1. The molecule has 0 aliphatic carbocycles. The van der Waals surface area contributed by atoms with E-state index in [2.05, 4.69) is 18.4 Å². The Morgan fingerprint density at radius 1 is 1.54 bits per heavy atom. The average Bonchev–Trinajstić information content (AvgIpc) is 2.40. The lowest BCUT2D eigenvalue weighted by Gasteiger charge is -2.16. The van der Waals surface area contributed by atoms with Crippen LogP contribution in [-0.4, -0.2) is 10.9 Å². The average molecular weight is 179 g/mol. The van der Waals surface area contributed by atoms with E-state index >= 15 is 0 Å². The van der Waals surface area contributed by atoms with Crippen LogP contribution in [0.4, 0.5) is 0 Å². The third kappa shape index (κ3) is 1.67. The fraction of sp³-hybridized carbons (Fsp3) is 0.545. The number of aromatic nitrogens is 1. The van der Waals surface area contributed by atoms with E-state index in [1.807, 2.05) is 19.9 Å². The van der Waals surface area contributed by atoms with Gasteiger partial charge in [-0.05, 0) is 33.3 Å². The highest BCUT2D eigenvalue weighted by Crippen LogP contribution is 2.20. The van der Waals surface area contributed by atoms with Crippen molar-refractivity contribution in [3.05, 3.63) is 23.0 Å². The zero-order valence-electron chi connectivity index (χ0n) is 8.79. The number of hydrogen-bond donors (Lipinski definition) is 0. The molecule has 0 unspecified atom stereocenters. The first-order chi connectivity index (χ1) is 6.11. The molecule has 0 radical (unpaired) electrons. The smallest absolute Gasteiger partial charge is 0.151 e. The Morgan fingerprint density at radius 3 is 2.54 bits per heavy atom. The Balaban J connectivity index is 3.19. The van der Waals surface area contributed by atoms with Crippen LogP contribution in [0.3, 0.4) is 0 Å². The molecule has 0 aromatic carbocycles. The van der Waals surface area contributed by atoms with Crippen molar-refractivity contribution < 1.29 is 4.79 Å². The van der Waals surface area contributed by atoms with Crippen LogP contribution in [0.5, 0.6) is 0 Å². The van der Waals surface area contributed by atoms with E-state index in [-0.39, 0.29) is 0 Å². The number of aldehydes is 1. The summed E-state index contributed by atoms with van der Waals surface area (Å²) < 4.78 is 2.23. The van der Waals surface area contributed by atoms with Crippen LogP contribution in [0.25, 0.3) is 0 Å². The Kier molecular flexibility index (Phi) is 2.91. The normalized spacial score (nSPS) is 12.9. The minimum Gasteiger partial charge on any atom is -0.346 e. The van der Waals surface area contributed by atoms with E-state index < -0.39 is 0 Å². The number of rotatable bonds is 3. The van der Waals surface area contributed by atoms with E-state index in [0.29, 0.717) is 6.04 Å². The fourth-order valence-corrected chi connectivity index (χ4v) is 1.78. The van der Waals surface area contributed by atoms with Gasteiger partial charge < -0.3 is 4.57 Å². The third-order valence-electron chi connectivity index (χ3n) is 2.68. The Morgan fingerprint density at radius 2 is 2.15 bits per heavy atom. The highest BCUT2D eigenvalue weighted by molar-refractivity contribution is 5.77. The predicted octanol–water partition coefficient (Wildman–Crippen LogP) is 2.89. The molecule has 2 heteroatoms. The number of hydrogen-bond acceptors (Lipinski definition) is 1. The lowest BCUT2D eigenvalue weighted by molar-refractivity contribution is 0.112. The highest BCUT2D eigenvalue weighted by Gasteiger charge is 2.11. The molecule has 0 bridgehead atoms. The second-order valence-corrected chi connectivity index (χ2v) is 3.57. The van der Waals surface area contributed by atoms with Gasteiger partial charge in [-0.25, -0.2) is 0 Å². The minimum atomic E-state index is 0.480. The monoisotopic (exact) mass is 179 g/mol. The molecule has 0 saturated carbocycles. The zero-order valence-corrected chi connectivity index (χ0v) is 8.79. The summed E-state index contributed by atoms with van der Waals surface area (Å²) in [7, 11) is 0. The van der Waals surface area contributed by atoms with Crippen molar-refractivity contribution in [2.24, 2.45) is 0 Å². The molecule has 1 rings (SSSR count). The lowest BCUT2D eigenvalue weighted by atomic mass is 10.2. The molecule has 0 aliphatic heterocycles. The second-order valence-electron chi connectivity index (χ2n) is 3.57. The Labute approximate surface area is 79.6 Å². The maximum absolute atomic E-state index is 10.7. The van der Waals surface area contributed by atoms with Crippen molar-refractivity contribution in [2.45, 2.75) is 40.2 Å². The molecule has 0 spiro atoms. The first-order valence-corrected chi connectivity index (χ1v) is 4.75. The van der Waals surface area contributed by atoms with Crippen LogP contribution >= 0.6 is 0 Å². The van der Waals surface area contributed by atoms with Gasteiger partial charge in [-0.15, -0.1) is 0 Å². The van der Waals surface area contributed by atoms with Gasteiger partial charge in [0.2, 0.25) is 0 Å². The van der Waals surface area contributed by atoms with Gasteiger partial charge in [0, 0.05) is 23.0 Å². The molecule has 1 aromatic heterocycles. The highest BCUT2D eigenvalue weighted by atomic mass is 16.1. The molecule has 0 N–H and O–H groups in total. The zero-order chi connectivity index (χ0) is 10.0. The van der Waals surface area contributed by atoms with Crippen LogP contribution in [0.2, 0.25) is 0 Å². The summed E-state index contributed by atoms with van der Waals surface area (Å²) in [5.41, 5.74) is 3.08. The fourth-order valence-electron chi connectivity index (χ4n) is 1.78. The molecule has 72 valence electrons. The van der Waals surface area contributed by atoms with Gasteiger partial charge >= 0.3 is 0 Å². The molecule has 2 nitrogen and oxygen atoms in total. The predicted molar refractivity (Wildman–Crippen MR) is 54.3 cm³/mol. The quantitative estimate of drug-likeness (QED) is 0.654. The van der Waals surface area contributed by atoms with Gasteiger partial charge in [0.15, 0.2) is 6.29 Å². The summed E-state index contributed by atoms with van der Waals surface area (Å²) in [6.45, 7) is 8.38. The minimum absolute atomic E-state index is 0.480. The summed E-state index contributed by atoms with van der Waals surface area (Å²) in [5, 5.41) is 0. The molecular weight excluding hydrogens is 162 g/mol. The van der Waals surface area contributed by atoms with Crippen LogP contribution in [-0.2, 0) is 0 Å². The first-order valence-electron chi connectivity index (χ1n) is 4.75. The molecule has 13 heavy (non-hydrogen) atoms. The standard InChI is InChI=1S/C11H17NO/c1-5-8(2)12-9(3)6-11(7-13)10(12)4/h6-8H,5H2,1-4H3/t8-/m1/s1. The van der Waals surface area contributed by atoms with Crippen LogP contribution < -0.4 is 0 Å². The maximum atomic E-state index is 10.7. The van der Waals surface area contributed by atoms with Gasteiger partial charge in [-0.1, -0.05) is 6.92 Å². The Hall–Kier alpha value is -1.05. The molecule has 1 heterocycles. The van der Waals surface area contributed by atoms with E-state index in [0.717, 1.165) is 24.0 Å². The summed E-state index contributed by atoms with van der Waals surface area (Å²) >= 11 is 0. The van der Waals surface area contributed by atoms with Gasteiger partial charge in [-0.3, -0.25) is 4.79 Å². The van der Waals surface area contributed by atoms with E-state index in [4.69, 9.17) is 0 Å². The molecule has 0 saturated heterocycles. The SMILES string of the molecule is CC[C@@H](C)n1c(C)cc(C=O)c1C. The summed E-state index contributed by atoms with van der Waals surface area (Å²) in [6, 6.07) is 2.43. The Bertz CT molecular complexity index is 312. The topological polar surface area (TPSA) is 22.0 Å². The largest absolute Gasteiger partial charge is 0.346 e. The van der Waals surface area contributed by atoms with E-state index in [1.165, 1.54) is 5.69 Å². The van der Waals surface area contributed by atoms with Crippen molar-refractivity contribution in [1.82, 2.24) is 4.57 Å². The van der Waals surface area contributed by atoms with Crippen molar-refractivity contribution in [1.29, 1.82) is 0 Å². The van der Waals surface area contributed by atoms with Crippen molar-refractivity contribution in [2.75, 3.05) is 0 Å². The van der Waals surface area contributed by atoms with Crippen LogP contribution in [0, 0.1) is 13.8 Å². The van der Waals surface area contributed by atoms with Crippen LogP contribution in [0.1, 0.15) is 48.1 Å². The molecule has 1 aromatic rings. The van der Waals surface area contributed by atoms with Crippen LogP contribution in [0.15, 0.2) is 6.07 Å². The van der Waals surface area contributed by atoms with E-state index in [1.54, 1.807) is 0 Å². The summed E-state index contributed by atoms with van der Waals surface area (Å²) in [5.74, 6) is 0. The second kappa shape index (κ2) is 3.77. The van der Waals surface area contributed by atoms with Gasteiger partial charge in [0.1, 0.15) is 0 Å². The van der Waals surface area contributed by atoms with Crippen molar-refractivity contribution >= 4 is 6.29 Å². The number of carbonyl (C=O) groups is 1. The molecule has 0 aliphatic rings. The lowest BCUT2D eigenvalue weighted by Crippen LogP contribution is -2.07. The molecule has 1 atom stereocenters. The van der Waals surface area contributed by atoms with Gasteiger partial charge in [0.05, 0.1) is 0 Å². The molecule has 0 amide bonds. The molecular formula is C11H17NO. The van der Waals surface area contributed by atoms with Gasteiger partial charge in [-0.2, -0.15) is 0 Å². The van der Waals surface area contributed by atoms with Crippen molar-refractivity contribution in [3.8, 4) is 0 Å². The first kappa shape index (κ1) is 10.0. The number of nitrogens with zero attached hydrogens (tertiary/aromatic N) is 1.